The van der Waals surface area contributed by atoms with Crippen LogP contribution in [-0.2, 0) is 25.6 Å². The van der Waals surface area contributed by atoms with Crippen molar-refractivity contribution in [1.82, 2.24) is 29.6 Å². The van der Waals surface area contributed by atoms with Crippen molar-refractivity contribution in [3.63, 3.8) is 0 Å². The second-order valence-corrected chi connectivity index (χ2v) is 18.5. The van der Waals surface area contributed by atoms with Crippen LogP contribution >= 0.6 is 0 Å². The maximum absolute atomic E-state index is 16.6. The van der Waals surface area contributed by atoms with Crippen LogP contribution in [-0.4, -0.2) is 106 Å². The number of benzene rings is 2. The van der Waals surface area contributed by atoms with Crippen LogP contribution in [0.3, 0.4) is 0 Å². The Balaban J connectivity index is 1.16. The molecule has 5 aromatic rings. The van der Waals surface area contributed by atoms with Gasteiger partial charge in [0.2, 0.25) is 0 Å². The van der Waals surface area contributed by atoms with Crippen LogP contribution in [0.15, 0.2) is 36.7 Å². The molecular weight excluding hydrogens is 810 g/mol. The zero-order valence-corrected chi connectivity index (χ0v) is 36.5. The van der Waals surface area contributed by atoms with E-state index in [4.69, 9.17) is 43.5 Å². The van der Waals surface area contributed by atoms with Gasteiger partial charge in [-0.05, 0) is 95.4 Å². The molecule has 5 fully saturated rings. The topological polar surface area (TPSA) is 152 Å². The molecule has 15 nitrogen and oxygen atoms in total. The fraction of sp³-hybridized carbons (Fsp3) is 0.532. The minimum Gasteiger partial charge on any atom is -0.486 e. The molecule has 0 N–H and O–H groups in total. The molecule has 1 unspecified atom stereocenters. The van der Waals surface area contributed by atoms with Gasteiger partial charge in [0.25, 0.3) is 0 Å². The van der Waals surface area contributed by atoms with Crippen molar-refractivity contribution in [2.24, 2.45) is 0 Å². The molecule has 1 amide bonds. The molecule has 3 atom stereocenters. The molecule has 4 aliphatic heterocycles. The lowest BCUT2D eigenvalue weighted by Crippen LogP contribution is -2.50. The summed E-state index contributed by atoms with van der Waals surface area (Å²) in [4.78, 5) is 44.5. The normalized spacial score (nSPS) is 21.7. The number of ether oxygens (including phenoxy) is 6. The molecule has 2 aromatic carbocycles. The van der Waals surface area contributed by atoms with Crippen LogP contribution in [0.2, 0.25) is 0 Å². The Bertz CT molecular complexity index is 2560. The Labute approximate surface area is 365 Å². The Morgan fingerprint density at radius 2 is 1.76 bits per heavy atom. The van der Waals surface area contributed by atoms with Crippen LogP contribution < -0.4 is 14.4 Å². The first-order valence-electron chi connectivity index (χ1n) is 22.3. The minimum absolute atomic E-state index is 0.0256. The highest BCUT2D eigenvalue weighted by atomic mass is 19.1. The van der Waals surface area contributed by atoms with E-state index in [1.165, 1.54) is 7.11 Å². The van der Waals surface area contributed by atoms with Crippen LogP contribution in [0.25, 0.3) is 32.9 Å². The van der Waals surface area contributed by atoms with E-state index in [-0.39, 0.29) is 60.6 Å². The monoisotopic (exact) mass is 863 g/mol. The number of nitrogens with zero attached hydrogens (tertiary/aromatic N) is 7. The molecule has 1 saturated carbocycles. The maximum atomic E-state index is 16.6. The fourth-order valence-corrected chi connectivity index (χ4v) is 9.64. The zero-order chi connectivity index (χ0) is 43.6. The number of aromatic nitrogens is 5. The fourth-order valence-electron chi connectivity index (χ4n) is 9.64. The van der Waals surface area contributed by atoms with Gasteiger partial charge in [-0.3, -0.25) is 0 Å². The number of hydrogen-bond acceptors (Lipinski definition) is 13. The van der Waals surface area contributed by atoms with E-state index in [2.05, 4.69) is 16.0 Å². The number of likely N-dealkylation sites (tertiary alicyclic amines) is 1. The van der Waals surface area contributed by atoms with E-state index >= 15 is 4.39 Å². The average molecular weight is 864 g/mol. The van der Waals surface area contributed by atoms with Crippen molar-refractivity contribution >= 4 is 39.7 Å². The average Bonchev–Trinajstić information content (AvgIpc) is 3.72. The number of pyridine rings is 1. The van der Waals surface area contributed by atoms with Crippen molar-refractivity contribution in [1.29, 1.82) is 0 Å². The van der Waals surface area contributed by atoms with Gasteiger partial charge in [0.15, 0.2) is 12.0 Å². The van der Waals surface area contributed by atoms with Crippen LogP contribution in [0.1, 0.15) is 111 Å². The summed E-state index contributed by atoms with van der Waals surface area (Å²) in [5, 5.41) is 6.40. The summed E-state index contributed by atoms with van der Waals surface area (Å²) in [6, 6.07) is 7.24. The molecule has 2 bridgehead atoms. The van der Waals surface area contributed by atoms with E-state index in [1.54, 1.807) is 31.3 Å². The molecule has 332 valence electrons. The Morgan fingerprint density at radius 1 is 0.937 bits per heavy atom. The Hall–Kier alpha value is -5.61. The first-order chi connectivity index (χ1) is 30.4. The van der Waals surface area contributed by atoms with Crippen molar-refractivity contribution < 1.29 is 42.4 Å². The quantitative estimate of drug-likeness (QED) is 0.124. The molecule has 1 aliphatic carbocycles. The smallest absolute Gasteiger partial charge is 0.410 e. The van der Waals surface area contributed by atoms with Gasteiger partial charge >= 0.3 is 18.1 Å². The summed E-state index contributed by atoms with van der Waals surface area (Å²) in [5.74, 6) is 0.433. The van der Waals surface area contributed by atoms with Crippen LogP contribution in [0, 0.1) is 12.7 Å². The lowest BCUT2D eigenvalue weighted by Gasteiger charge is -2.36. The number of amides is 1. The van der Waals surface area contributed by atoms with Gasteiger partial charge in [0.05, 0.1) is 44.1 Å². The van der Waals surface area contributed by atoms with Crippen LogP contribution in [0.4, 0.5) is 15.0 Å². The predicted molar refractivity (Wildman–Crippen MR) is 231 cm³/mol. The number of esters is 1. The van der Waals surface area contributed by atoms with Crippen molar-refractivity contribution in [2.45, 2.75) is 122 Å². The molecule has 4 saturated heterocycles. The van der Waals surface area contributed by atoms with E-state index in [9.17, 15) is 9.59 Å². The number of fused-ring (bicyclic) bond motifs is 4. The summed E-state index contributed by atoms with van der Waals surface area (Å²) in [6.07, 6.45) is 9.43. The predicted octanol–water partition coefficient (Wildman–Crippen LogP) is 8.19. The van der Waals surface area contributed by atoms with Crippen molar-refractivity contribution in [3.05, 3.63) is 64.9 Å². The summed E-state index contributed by atoms with van der Waals surface area (Å²) in [6.45, 7) is 10.3. The lowest BCUT2D eigenvalue weighted by molar-refractivity contribution is -0.0367. The second kappa shape index (κ2) is 16.5. The van der Waals surface area contributed by atoms with Gasteiger partial charge in [-0.1, -0.05) is 6.07 Å². The van der Waals surface area contributed by atoms with Crippen molar-refractivity contribution in [3.8, 4) is 22.9 Å². The molecule has 7 heterocycles. The number of carbonyl (C=O) groups excluding carboxylic acids is 2. The first-order valence-corrected chi connectivity index (χ1v) is 22.3. The van der Waals surface area contributed by atoms with Gasteiger partial charge in [-0.25, -0.2) is 23.6 Å². The van der Waals surface area contributed by atoms with Gasteiger partial charge < -0.3 is 38.2 Å². The van der Waals surface area contributed by atoms with Gasteiger partial charge in [0.1, 0.15) is 41.2 Å². The lowest BCUT2D eigenvalue weighted by atomic mass is 9.88. The molecule has 63 heavy (non-hydrogen) atoms. The zero-order valence-electron chi connectivity index (χ0n) is 36.5. The summed E-state index contributed by atoms with van der Waals surface area (Å²) in [5.41, 5.74) is 4.34. The number of carbonyl (C=O) groups is 2. The molecular formula is C47H54FN7O8. The molecule has 0 radical (unpaired) electrons. The van der Waals surface area contributed by atoms with E-state index in [1.807, 2.05) is 36.5 Å². The van der Waals surface area contributed by atoms with E-state index < -0.39 is 11.6 Å². The number of methoxy groups -OCH3 is 1. The molecule has 10 rings (SSSR count). The summed E-state index contributed by atoms with van der Waals surface area (Å²) in [7, 11) is 1.32. The number of piperazine rings is 1. The highest BCUT2D eigenvalue weighted by molar-refractivity contribution is 6.06. The third-order valence-corrected chi connectivity index (χ3v) is 12.9. The van der Waals surface area contributed by atoms with Crippen LogP contribution in [0.5, 0.6) is 11.8 Å². The SMILES string of the molecule is COC(=O)c1ccc(COc2c(-c3c(C)c(F)cc4c3cnn4C3CCCCO3)c(C3CC3)cc3c(N4C[C@@H]5C[C@H]4CN5C(=O)OC(C)(C)C)nc(OC4CCOCC4)nc23)cn1. The maximum Gasteiger partial charge on any atom is 0.410 e. The third-order valence-electron chi connectivity index (χ3n) is 12.9. The number of halogens is 1. The van der Waals surface area contributed by atoms with Gasteiger partial charge in [-0.2, -0.15) is 15.1 Å². The molecule has 0 spiro atoms. The highest BCUT2D eigenvalue weighted by Gasteiger charge is 2.48. The standard InChI is InChI=1S/C47H54FN7O8/c1-26-35(48)20-37-34(22-50-55(37)38-8-6-7-15-60-38)39(26)40-32(28-10-11-28)19-33-41(42(40)61-25-27-9-12-36(49-21-27)44(56)58-5)51-45(62-31-13-16-59-17-14-31)52-43(33)53-23-30-18-29(53)24-54(30)46(57)63-47(2,3)4/h9,12,19-22,28-31,38H,6-8,10-11,13-18,23-25H2,1-5H3/t29-,30-,38?/m0/s1. The van der Waals surface area contributed by atoms with Crippen molar-refractivity contribution in [2.75, 3.05) is 44.9 Å². The summed E-state index contributed by atoms with van der Waals surface area (Å²) < 4.78 is 54.6. The molecule has 16 heteroatoms. The summed E-state index contributed by atoms with van der Waals surface area (Å²) >= 11 is 0. The minimum atomic E-state index is -0.613. The highest BCUT2D eigenvalue weighted by Crippen LogP contribution is 2.54. The van der Waals surface area contributed by atoms with E-state index in [0.717, 1.165) is 60.4 Å². The molecule has 5 aliphatic rings. The number of hydrogen-bond donors (Lipinski definition) is 0. The Kier molecular flexibility index (Phi) is 10.8. The number of rotatable bonds is 10. The second-order valence-electron chi connectivity index (χ2n) is 18.5. The van der Waals surface area contributed by atoms with Gasteiger partial charge in [0, 0.05) is 72.3 Å². The third kappa shape index (κ3) is 8.00. The Morgan fingerprint density at radius 3 is 2.44 bits per heavy atom. The van der Waals surface area contributed by atoms with Gasteiger partial charge in [-0.15, -0.1) is 0 Å². The largest absolute Gasteiger partial charge is 0.486 e. The van der Waals surface area contributed by atoms with E-state index in [0.29, 0.717) is 85.0 Å². The number of anilines is 1. The first kappa shape index (κ1) is 41.4. The molecule has 3 aromatic heterocycles.